The van der Waals surface area contributed by atoms with Gasteiger partial charge in [-0.25, -0.2) is 0 Å². The minimum absolute atomic E-state index is 0.0157. The molecule has 0 spiro atoms. The first-order valence-corrected chi connectivity index (χ1v) is 11.8. The van der Waals surface area contributed by atoms with Crippen LogP contribution in [-0.4, -0.2) is 35.6 Å². The fourth-order valence-corrected chi connectivity index (χ4v) is 4.38. The van der Waals surface area contributed by atoms with E-state index in [1.165, 1.54) is 5.56 Å². The first kappa shape index (κ1) is 23.6. The van der Waals surface area contributed by atoms with Gasteiger partial charge in [0.05, 0.1) is 0 Å². The summed E-state index contributed by atoms with van der Waals surface area (Å²) in [5.74, 6) is 0.501. The predicted octanol–water partition coefficient (Wildman–Crippen LogP) is 4.86. The van der Waals surface area contributed by atoms with Crippen LogP contribution in [-0.2, 0) is 22.6 Å². The number of nitrogens with zero attached hydrogens (tertiary/aromatic N) is 1. The van der Waals surface area contributed by atoms with Crippen molar-refractivity contribution >= 4 is 23.6 Å². The van der Waals surface area contributed by atoms with Crippen molar-refractivity contribution in [3.63, 3.8) is 0 Å². The summed E-state index contributed by atoms with van der Waals surface area (Å²) in [6.07, 6.45) is 0.845. The van der Waals surface area contributed by atoms with Crippen LogP contribution in [0.15, 0.2) is 89.8 Å². The molecule has 0 bridgehead atoms. The highest BCUT2D eigenvalue weighted by atomic mass is 32.2. The minimum atomic E-state index is -0.570. The van der Waals surface area contributed by atoms with E-state index in [0.717, 1.165) is 16.0 Å². The van der Waals surface area contributed by atoms with Gasteiger partial charge in [-0.1, -0.05) is 78.4 Å². The largest absolute Gasteiger partial charge is 0.357 e. The average Bonchev–Trinajstić information content (AvgIpc) is 2.83. The molecule has 0 heterocycles. The summed E-state index contributed by atoms with van der Waals surface area (Å²) in [6, 6.07) is 27.4. The molecule has 0 radical (unpaired) electrons. The number of hydrogen-bond acceptors (Lipinski definition) is 3. The van der Waals surface area contributed by atoms with Gasteiger partial charge in [-0.2, -0.15) is 0 Å². The molecule has 0 aromatic heterocycles. The quantitative estimate of drug-likeness (QED) is 0.452. The lowest BCUT2D eigenvalue weighted by Gasteiger charge is -2.31. The van der Waals surface area contributed by atoms with Crippen LogP contribution in [0, 0.1) is 6.92 Å². The van der Waals surface area contributed by atoms with Crippen LogP contribution >= 0.6 is 11.8 Å². The zero-order chi connectivity index (χ0) is 22.8. The third-order valence-electron chi connectivity index (χ3n) is 5.32. The molecule has 5 heteroatoms. The van der Waals surface area contributed by atoms with Crippen LogP contribution in [0.1, 0.15) is 23.1 Å². The molecule has 1 atom stereocenters. The Morgan fingerprint density at radius 3 is 2.06 bits per heavy atom. The fraction of sp³-hybridized carbons (Fsp3) is 0.259. The van der Waals surface area contributed by atoms with E-state index in [2.05, 4.69) is 36.5 Å². The highest BCUT2D eigenvalue weighted by Crippen LogP contribution is 2.21. The van der Waals surface area contributed by atoms with Gasteiger partial charge in [-0.05, 0) is 30.2 Å². The molecule has 3 rings (SSSR count). The van der Waals surface area contributed by atoms with E-state index in [1.807, 2.05) is 60.7 Å². The second-order valence-corrected chi connectivity index (χ2v) is 8.91. The highest BCUT2D eigenvalue weighted by Gasteiger charge is 2.29. The van der Waals surface area contributed by atoms with Gasteiger partial charge >= 0.3 is 0 Å². The Morgan fingerprint density at radius 1 is 0.875 bits per heavy atom. The second-order valence-electron chi connectivity index (χ2n) is 7.74. The zero-order valence-electron chi connectivity index (χ0n) is 18.7. The molecule has 32 heavy (non-hydrogen) atoms. The fourth-order valence-electron chi connectivity index (χ4n) is 3.53. The normalized spacial score (nSPS) is 11.6. The van der Waals surface area contributed by atoms with E-state index in [1.54, 1.807) is 23.7 Å². The Kier molecular flexibility index (Phi) is 8.93. The van der Waals surface area contributed by atoms with Gasteiger partial charge in [0.2, 0.25) is 11.8 Å². The van der Waals surface area contributed by atoms with E-state index in [9.17, 15) is 9.59 Å². The maximum absolute atomic E-state index is 13.4. The molecular weight excluding hydrogens is 416 g/mol. The number of carbonyl (C=O) groups is 2. The van der Waals surface area contributed by atoms with E-state index in [4.69, 9.17) is 0 Å². The maximum Gasteiger partial charge on any atom is 0.242 e. The third kappa shape index (κ3) is 6.99. The summed E-state index contributed by atoms with van der Waals surface area (Å²) >= 11 is 1.66. The number of nitrogens with one attached hydrogen (secondary N) is 1. The van der Waals surface area contributed by atoms with Crippen molar-refractivity contribution in [3.8, 4) is 0 Å². The van der Waals surface area contributed by atoms with Gasteiger partial charge in [-0.15, -0.1) is 11.8 Å². The molecule has 0 saturated heterocycles. The van der Waals surface area contributed by atoms with Crippen molar-refractivity contribution in [1.29, 1.82) is 0 Å². The van der Waals surface area contributed by atoms with Crippen LogP contribution in [0.5, 0.6) is 0 Å². The molecule has 166 valence electrons. The van der Waals surface area contributed by atoms with E-state index in [0.29, 0.717) is 25.1 Å². The third-order valence-corrected chi connectivity index (χ3v) is 6.33. The second kappa shape index (κ2) is 12.1. The Bertz CT molecular complexity index is 991. The summed E-state index contributed by atoms with van der Waals surface area (Å²) in [4.78, 5) is 29.1. The van der Waals surface area contributed by atoms with E-state index in [-0.39, 0.29) is 11.8 Å². The molecule has 0 unspecified atom stereocenters. The molecule has 3 aromatic carbocycles. The van der Waals surface area contributed by atoms with Gasteiger partial charge < -0.3 is 10.2 Å². The lowest BCUT2D eigenvalue weighted by Crippen LogP contribution is -2.49. The van der Waals surface area contributed by atoms with Crippen molar-refractivity contribution < 1.29 is 9.59 Å². The van der Waals surface area contributed by atoms with Crippen molar-refractivity contribution in [1.82, 2.24) is 10.2 Å². The van der Waals surface area contributed by atoms with Crippen molar-refractivity contribution in [3.05, 3.63) is 102 Å². The Balaban J connectivity index is 1.77. The number of likely N-dealkylation sites (N-methyl/N-ethyl adjacent to an activating group) is 1. The summed E-state index contributed by atoms with van der Waals surface area (Å²) in [5.41, 5.74) is 3.25. The monoisotopic (exact) mass is 446 g/mol. The average molecular weight is 447 g/mol. The molecule has 4 nitrogen and oxygen atoms in total. The predicted molar refractivity (Wildman–Crippen MR) is 132 cm³/mol. The number of hydrogen-bond donors (Lipinski definition) is 1. The zero-order valence-corrected chi connectivity index (χ0v) is 19.5. The van der Waals surface area contributed by atoms with Crippen molar-refractivity contribution in [2.24, 2.45) is 0 Å². The SMILES string of the molecule is CNC(=O)[C@H](Cc1ccccc1)N(Cc1ccccc1)C(=O)CCSc1ccc(C)cc1. The molecule has 0 aliphatic heterocycles. The lowest BCUT2D eigenvalue weighted by atomic mass is 10.0. The van der Waals surface area contributed by atoms with Crippen LogP contribution in [0.3, 0.4) is 0 Å². The number of amides is 2. The van der Waals surface area contributed by atoms with Crippen LogP contribution < -0.4 is 5.32 Å². The summed E-state index contributed by atoms with van der Waals surface area (Å²) < 4.78 is 0. The van der Waals surface area contributed by atoms with Gasteiger partial charge in [0.1, 0.15) is 6.04 Å². The van der Waals surface area contributed by atoms with Crippen LogP contribution in [0.2, 0.25) is 0 Å². The number of carbonyl (C=O) groups excluding carboxylic acids is 2. The van der Waals surface area contributed by atoms with Crippen LogP contribution in [0.25, 0.3) is 0 Å². The summed E-state index contributed by atoms with van der Waals surface area (Å²) in [7, 11) is 1.62. The number of aryl methyl sites for hydroxylation is 1. The Labute approximate surface area is 195 Å². The molecule has 0 fully saturated rings. The van der Waals surface area contributed by atoms with Crippen molar-refractivity contribution in [2.45, 2.75) is 37.2 Å². The molecule has 3 aromatic rings. The smallest absolute Gasteiger partial charge is 0.242 e. The molecule has 0 aliphatic carbocycles. The van der Waals surface area contributed by atoms with Gasteiger partial charge in [-0.3, -0.25) is 9.59 Å². The van der Waals surface area contributed by atoms with Gasteiger partial charge in [0.25, 0.3) is 0 Å². The molecular formula is C27H30N2O2S. The summed E-state index contributed by atoms with van der Waals surface area (Å²) in [5, 5.41) is 2.76. The number of thioether (sulfide) groups is 1. The van der Waals surface area contributed by atoms with Crippen LogP contribution in [0.4, 0.5) is 0 Å². The topological polar surface area (TPSA) is 49.4 Å². The van der Waals surface area contributed by atoms with Gasteiger partial charge in [0, 0.05) is 37.1 Å². The summed E-state index contributed by atoms with van der Waals surface area (Å²) in [6.45, 7) is 2.46. The highest BCUT2D eigenvalue weighted by molar-refractivity contribution is 7.99. The maximum atomic E-state index is 13.4. The Morgan fingerprint density at radius 2 is 1.47 bits per heavy atom. The lowest BCUT2D eigenvalue weighted by molar-refractivity contribution is -0.140. The molecule has 1 N–H and O–H groups in total. The standard InChI is InChI=1S/C27H30N2O2S/c1-21-13-15-24(16-14-21)32-18-17-26(30)29(20-23-11-7-4-8-12-23)25(27(31)28-2)19-22-9-5-3-6-10-22/h3-16,25H,17-20H2,1-2H3,(H,28,31)/t25-/m0/s1. The number of benzene rings is 3. The van der Waals surface area contributed by atoms with E-state index >= 15 is 0 Å². The number of rotatable bonds is 10. The first-order valence-electron chi connectivity index (χ1n) is 10.8. The van der Waals surface area contributed by atoms with E-state index < -0.39 is 6.04 Å². The van der Waals surface area contributed by atoms with Crippen molar-refractivity contribution in [2.75, 3.05) is 12.8 Å². The van der Waals surface area contributed by atoms with Gasteiger partial charge in [0.15, 0.2) is 0 Å². The molecule has 2 amide bonds. The minimum Gasteiger partial charge on any atom is -0.357 e. The first-order chi connectivity index (χ1) is 15.6. The molecule has 0 saturated carbocycles. The Hall–Kier alpha value is -3.05. The molecule has 0 aliphatic rings.